The molecule has 256 valence electrons. The number of fused-ring (bicyclic) bond motifs is 5. The summed E-state index contributed by atoms with van der Waals surface area (Å²) in [5.74, 6) is -6.25. The van der Waals surface area contributed by atoms with Gasteiger partial charge in [0.15, 0.2) is 11.4 Å². The van der Waals surface area contributed by atoms with Crippen LogP contribution in [0.5, 0.6) is 0 Å². The Morgan fingerprint density at radius 2 is 1.25 bits per heavy atom. The molecule has 0 aromatic rings. The van der Waals surface area contributed by atoms with Crippen LogP contribution in [-0.4, -0.2) is 102 Å². The smallest absolute Gasteiger partial charge is 0.227 e. The van der Waals surface area contributed by atoms with Crippen LogP contribution in [0.2, 0.25) is 0 Å². The summed E-state index contributed by atoms with van der Waals surface area (Å²) in [5.41, 5.74) is -9.62. The zero-order valence-electron chi connectivity index (χ0n) is 28.2. The minimum atomic E-state index is -1.96. The Balaban J connectivity index is 1.31. The Labute approximate surface area is 262 Å². The van der Waals surface area contributed by atoms with Gasteiger partial charge in [0.1, 0.15) is 41.2 Å². The summed E-state index contributed by atoms with van der Waals surface area (Å²) < 4.78 is 37.8. The number of ether oxygens (including phenoxy) is 6. The van der Waals surface area contributed by atoms with Gasteiger partial charge in [-0.15, -0.1) is 0 Å². The predicted molar refractivity (Wildman–Crippen MR) is 159 cm³/mol. The highest BCUT2D eigenvalue weighted by Gasteiger charge is 2.89. The minimum absolute atomic E-state index is 0.00495. The number of aliphatic hydroxyl groups excluding tert-OH is 2. The minimum Gasteiger partial charge on any atom is -0.391 e. The molecule has 5 N–H and O–H groups in total. The van der Waals surface area contributed by atoms with E-state index in [9.17, 15) is 25.5 Å². The number of rotatable bonds is 12. The fourth-order valence-corrected chi connectivity index (χ4v) is 8.81. The maximum atomic E-state index is 11.9. The summed E-state index contributed by atoms with van der Waals surface area (Å²) in [6, 6.07) is 0. The third kappa shape index (κ3) is 4.48. The summed E-state index contributed by atoms with van der Waals surface area (Å²) >= 11 is 0. The highest BCUT2D eigenvalue weighted by Crippen LogP contribution is 2.69. The number of unbranched alkanes of at least 4 members (excludes halogenated alkanes) is 3. The van der Waals surface area contributed by atoms with E-state index >= 15 is 0 Å². The van der Waals surface area contributed by atoms with Gasteiger partial charge in [-0.2, -0.15) is 0 Å². The van der Waals surface area contributed by atoms with Gasteiger partial charge in [0.05, 0.1) is 6.61 Å². The molecular formula is C33H58O11. The van der Waals surface area contributed by atoms with Crippen LogP contribution in [0, 0.1) is 5.92 Å². The molecule has 0 radical (unpaired) electrons. The van der Waals surface area contributed by atoms with E-state index in [0.29, 0.717) is 6.61 Å². The maximum Gasteiger partial charge on any atom is 0.227 e. The van der Waals surface area contributed by atoms with Crippen molar-refractivity contribution in [1.29, 1.82) is 0 Å². The molecule has 6 aliphatic heterocycles. The molecule has 4 bridgehead atoms. The topological polar surface area (TPSA) is 157 Å². The van der Waals surface area contributed by atoms with Crippen molar-refractivity contribution in [3.63, 3.8) is 0 Å². The van der Waals surface area contributed by atoms with Crippen molar-refractivity contribution in [2.24, 2.45) is 5.92 Å². The average molecular weight is 631 g/mol. The lowest BCUT2D eigenvalue weighted by Gasteiger charge is -2.77. The highest BCUT2D eigenvalue weighted by atomic mass is 16.9. The molecule has 0 aromatic heterocycles. The van der Waals surface area contributed by atoms with Crippen LogP contribution in [0.1, 0.15) is 126 Å². The van der Waals surface area contributed by atoms with E-state index in [1.54, 1.807) is 27.7 Å². The van der Waals surface area contributed by atoms with Crippen LogP contribution in [0.3, 0.4) is 0 Å². The molecule has 7 rings (SSSR count). The first-order valence-corrected chi connectivity index (χ1v) is 16.7. The Hall–Kier alpha value is -0.440. The molecule has 7 fully saturated rings. The third-order valence-corrected chi connectivity index (χ3v) is 12.8. The summed E-state index contributed by atoms with van der Waals surface area (Å²) in [6.07, 6.45) is 12.3. The predicted octanol–water partition coefficient (Wildman–Crippen LogP) is 3.40. The van der Waals surface area contributed by atoms with E-state index in [0.717, 1.165) is 25.2 Å². The molecule has 0 aromatic carbocycles. The highest BCUT2D eigenvalue weighted by molar-refractivity contribution is 5.30. The van der Waals surface area contributed by atoms with Crippen molar-refractivity contribution in [1.82, 2.24) is 0 Å². The fourth-order valence-electron chi connectivity index (χ4n) is 8.81. The Bertz CT molecular complexity index is 1080. The van der Waals surface area contributed by atoms with Crippen molar-refractivity contribution >= 4 is 0 Å². The lowest BCUT2D eigenvalue weighted by Crippen LogP contribution is -2.97. The largest absolute Gasteiger partial charge is 0.391 e. The molecule has 10 atom stereocenters. The first-order valence-electron chi connectivity index (χ1n) is 16.7. The second-order valence-corrected chi connectivity index (χ2v) is 15.7. The van der Waals surface area contributed by atoms with E-state index in [1.807, 2.05) is 0 Å². The summed E-state index contributed by atoms with van der Waals surface area (Å²) in [4.78, 5) is 0. The van der Waals surface area contributed by atoms with Gasteiger partial charge < -0.3 is 54.0 Å². The van der Waals surface area contributed by atoms with Crippen LogP contribution in [0.4, 0.5) is 0 Å². The van der Waals surface area contributed by atoms with Gasteiger partial charge in [-0.25, -0.2) is 0 Å². The average Bonchev–Trinajstić information content (AvgIpc) is 3.04. The zero-order valence-corrected chi connectivity index (χ0v) is 28.2. The van der Waals surface area contributed by atoms with Crippen LogP contribution < -0.4 is 0 Å². The summed E-state index contributed by atoms with van der Waals surface area (Å²) in [7, 11) is 0. The molecule has 11 nitrogen and oxygen atoms in total. The summed E-state index contributed by atoms with van der Waals surface area (Å²) in [5, 5.41) is 56.1. The van der Waals surface area contributed by atoms with Crippen LogP contribution in [0.25, 0.3) is 0 Å². The number of aliphatic hydroxyl groups is 5. The normalized spacial score (nSPS) is 53.9. The molecule has 6 heterocycles. The van der Waals surface area contributed by atoms with Crippen molar-refractivity contribution in [3.05, 3.63) is 0 Å². The molecule has 7 unspecified atom stereocenters. The van der Waals surface area contributed by atoms with E-state index in [-0.39, 0.29) is 6.42 Å². The number of hydrogen-bond donors (Lipinski definition) is 5. The SMILES string of the molecule is CC1(O)C2(CO)OC1(C)C(C)(O)[C@@](C)(O[C@@]1(C)C3(C)CC(C)(O)[C@](C)(OCCCCCCC4CCCCC4)OC1(CO)O3)O2. The molecule has 11 heteroatoms. The van der Waals surface area contributed by atoms with Gasteiger partial charge in [0.25, 0.3) is 0 Å². The Kier molecular flexibility index (Phi) is 8.55. The molecule has 6 saturated heterocycles. The van der Waals surface area contributed by atoms with Gasteiger partial charge in [0.2, 0.25) is 17.4 Å². The molecule has 1 aliphatic carbocycles. The van der Waals surface area contributed by atoms with E-state index in [4.69, 9.17) is 28.4 Å². The third-order valence-electron chi connectivity index (χ3n) is 12.8. The van der Waals surface area contributed by atoms with Gasteiger partial charge in [-0.3, -0.25) is 0 Å². The van der Waals surface area contributed by atoms with Gasteiger partial charge in [0, 0.05) is 6.42 Å². The van der Waals surface area contributed by atoms with E-state index in [1.165, 1.54) is 72.6 Å². The van der Waals surface area contributed by atoms with Crippen LogP contribution >= 0.6 is 0 Å². The first-order chi connectivity index (χ1) is 20.2. The molecule has 0 amide bonds. The second-order valence-electron chi connectivity index (χ2n) is 15.7. The lowest BCUT2D eigenvalue weighted by molar-refractivity contribution is -0.627. The Morgan fingerprint density at radius 1 is 0.659 bits per heavy atom. The monoisotopic (exact) mass is 630 g/mol. The van der Waals surface area contributed by atoms with Crippen LogP contribution in [0.15, 0.2) is 0 Å². The molecule has 7 aliphatic rings. The van der Waals surface area contributed by atoms with E-state index in [2.05, 4.69) is 0 Å². The van der Waals surface area contributed by atoms with E-state index < -0.39 is 70.0 Å². The van der Waals surface area contributed by atoms with Crippen molar-refractivity contribution < 1.29 is 54.0 Å². The van der Waals surface area contributed by atoms with Gasteiger partial charge in [-0.1, -0.05) is 57.8 Å². The van der Waals surface area contributed by atoms with Crippen molar-refractivity contribution in [3.8, 4) is 0 Å². The fraction of sp³-hybridized carbons (Fsp3) is 1.00. The standard InChI is InChI=1S/C33H58O11/c1-24(36)20-25(2)28(5,41-31(8)26(3,37)29(6)27(4,38)32(21-34,42-29)44-31)33(22-35,40-25)43-30(24,7)39-19-15-10-9-12-16-23-17-13-11-14-18-23/h23,34-38H,9-22H2,1-8H3/t24?,25?,26?,27?,28-,29?,30+,31-,32?,33?/m0/s1. The maximum absolute atomic E-state index is 11.9. The quantitative estimate of drug-likeness (QED) is 0.201. The van der Waals surface area contributed by atoms with Crippen LogP contribution in [-0.2, 0) is 28.4 Å². The second kappa shape index (κ2) is 10.8. The van der Waals surface area contributed by atoms with Gasteiger partial charge >= 0.3 is 0 Å². The van der Waals surface area contributed by atoms with Crippen molar-refractivity contribution in [2.45, 2.75) is 183 Å². The lowest BCUT2D eigenvalue weighted by atomic mass is 9.58. The first kappa shape index (κ1) is 34.9. The molecule has 44 heavy (non-hydrogen) atoms. The molecule has 1 saturated carbocycles. The van der Waals surface area contributed by atoms with Gasteiger partial charge in [-0.05, 0) is 67.7 Å². The van der Waals surface area contributed by atoms with Crippen molar-refractivity contribution in [2.75, 3.05) is 19.8 Å². The summed E-state index contributed by atoms with van der Waals surface area (Å²) in [6.45, 7) is 11.6. The number of hydrogen-bond acceptors (Lipinski definition) is 11. The molecular weight excluding hydrogens is 572 g/mol. The molecule has 0 spiro atoms. The zero-order chi connectivity index (χ0) is 32.7. The Morgan fingerprint density at radius 3 is 1.84 bits per heavy atom.